The molecule has 5 heteroatoms. The molecule has 0 spiro atoms. The molecule has 25 heavy (non-hydrogen) atoms. The first-order valence-electron chi connectivity index (χ1n) is 8.04. The van der Waals surface area contributed by atoms with E-state index in [9.17, 15) is 0 Å². The van der Waals surface area contributed by atoms with Crippen molar-refractivity contribution >= 4 is 28.1 Å². The summed E-state index contributed by atoms with van der Waals surface area (Å²) in [5.41, 5.74) is 7.86. The summed E-state index contributed by atoms with van der Waals surface area (Å²) in [5, 5.41) is 2.05. The van der Waals surface area contributed by atoms with Crippen molar-refractivity contribution in [2.24, 2.45) is 4.99 Å². The Balaban J connectivity index is 1.81. The number of fused-ring (bicyclic) bond motifs is 2. The third-order valence-electron chi connectivity index (χ3n) is 4.25. The molecule has 0 bridgehead atoms. The van der Waals surface area contributed by atoms with E-state index in [1.807, 2.05) is 73.5 Å². The van der Waals surface area contributed by atoms with Gasteiger partial charge >= 0.3 is 0 Å². The van der Waals surface area contributed by atoms with Crippen LogP contribution < -0.4 is 15.4 Å². The Hall–Kier alpha value is -3.34. The fourth-order valence-corrected chi connectivity index (χ4v) is 2.96. The monoisotopic (exact) mass is 330 g/mol. The molecule has 1 aromatic heterocycles. The maximum absolute atomic E-state index is 5.99. The number of rotatable bonds is 2. The fraction of sp³-hybridized carbons (Fsp3) is 0.100. The van der Waals surface area contributed by atoms with Crippen LogP contribution in [0.4, 0.5) is 11.6 Å². The smallest absolute Gasteiger partial charge is 0.169 e. The van der Waals surface area contributed by atoms with E-state index in [1.165, 1.54) is 0 Å². The van der Waals surface area contributed by atoms with Gasteiger partial charge in [-0.2, -0.15) is 0 Å². The number of ether oxygens (including phenoxy) is 1. The zero-order valence-electron chi connectivity index (χ0n) is 14.1. The van der Waals surface area contributed by atoms with Crippen LogP contribution in [-0.2, 0) is 0 Å². The highest BCUT2D eigenvalue weighted by Gasteiger charge is 2.17. The van der Waals surface area contributed by atoms with Crippen LogP contribution >= 0.6 is 0 Å². The fourth-order valence-electron chi connectivity index (χ4n) is 2.96. The molecule has 0 atom stereocenters. The molecule has 124 valence electrons. The summed E-state index contributed by atoms with van der Waals surface area (Å²) < 4.78 is 5.84. The Kier molecular flexibility index (Phi) is 3.61. The van der Waals surface area contributed by atoms with Crippen molar-refractivity contribution in [2.45, 2.75) is 6.92 Å². The molecule has 0 fully saturated rings. The van der Waals surface area contributed by atoms with Crippen LogP contribution in [-0.4, -0.2) is 17.7 Å². The Morgan fingerprint density at radius 3 is 2.68 bits per heavy atom. The lowest BCUT2D eigenvalue weighted by atomic mass is 10.1. The minimum atomic E-state index is 0.472. The van der Waals surface area contributed by atoms with E-state index in [4.69, 9.17) is 15.5 Å². The third kappa shape index (κ3) is 2.70. The Labute approximate surface area is 146 Å². The molecule has 0 amide bonds. The second-order valence-corrected chi connectivity index (χ2v) is 5.94. The van der Waals surface area contributed by atoms with E-state index in [0.717, 1.165) is 33.6 Å². The highest BCUT2D eigenvalue weighted by Crippen LogP contribution is 2.30. The number of nitrogen functional groups attached to an aromatic ring is 1. The quantitative estimate of drug-likeness (QED) is 0.772. The lowest BCUT2D eigenvalue weighted by molar-refractivity contribution is 0.474. The SMILES string of the molecule is CC1=NC(N(C)c2nc(N)cc3ccccc23)=COc2ccccc21. The predicted molar refractivity (Wildman–Crippen MR) is 102 cm³/mol. The van der Waals surface area contributed by atoms with Crippen LogP contribution in [0.5, 0.6) is 5.75 Å². The highest BCUT2D eigenvalue weighted by molar-refractivity contribution is 6.02. The number of nitrogens with zero attached hydrogens (tertiary/aromatic N) is 3. The van der Waals surface area contributed by atoms with Gasteiger partial charge in [0.05, 0.1) is 5.71 Å². The number of hydrogen-bond donors (Lipinski definition) is 1. The number of hydrogen-bond acceptors (Lipinski definition) is 5. The number of aliphatic imine (C=N–C) groups is 1. The van der Waals surface area contributed by atoms with Crippen molar-refractivity contribution in [1.82, 2.24) is 4.98 Å². The van der Waals surface area contributed by atoms with Gasteiger partial charge < -0.3 is 15.4 Å². The predicted octanol–water partition coefficient (Wildman–Crippen LogP) is 3.95. The topological polar surface area (TPSA) is 63.7 Å². The molecule has 5 nitrogen and oxygen atoms in total. The number of anilines is 2. The van der Waals surface area contributed by atoms with Gasteiger partial charge in [0.15, 0.2) is 5.82 Å². The van der Waals surface area contributed by atoms with Gasteiger partial charge in [-0.1, -0.05) is 36.4 Å². The molecule has 0 unspecified atom stereocenters. The average Bonchev–Trinajstić information content (AvgIpc) is 2.80. The van der Waals surface area contributed by atoms with Gasteiger partial charge in [-0.3, -0.25) is 0 Å². The van der Waals surface area contributed by atoms with Gasteiger partial charge in [0.25, 0.3) is 0 Å². The summed E-state index contributed by atoms with van der Waals surface area (Å²) in [4.78, 5) is 11.1. The largest absolute Gasteiger partial charge is 0.460 e. The van der Waals surface area contributed by atoms with Gasteiger partial charge in [-0.25, -0.2) is 9.98 Å². The molecule has 1 aliphatic rings. The first-order valence-corrected chi connectivity index (χ1v) is 8.04. The summed E-state index contributed by atoms with van der Waals surface area (Å²) in [6.45, 7) is 1.97. The number of benzene rings is 2. The van der Waals surface area contributed by atoms with E-state index < -0.39 is 0 Å². The lowest BCUT2D eigenvalue weighted by Gasteiger charge is -2.20. The molecule has 1 aliphatic heterocycles. The van der Waals surface area contributed by atoms with Crippen molar-refractivity contribution in [2.75, 3.05) is 17.7 Å². The van der Waals surface area contributed by atoms with Crippen molar-refractivity contribution in [3.63, 3.8) is 0 Å². The maximum Gasteiger partial charge on any atom is 0.169 e. The van der Waals surface area contributed by atoms with Crippen LogP contribution in [0, 0.1) is 0 Å². The summed E-state index contributed by atoms with van der Waals surface area (Å²) >= 11 is 0. The molecule has 0 aliphatic carbocycles. The van der Waals surface area contributed by atoms with E-state index in [-0.39, 0.29) is 0 Å². The first-order chi connectivity index (χ1) is 12.1. The van der Waals surface area contributed by atoms with Gasteiger partial charge in [0, 0.05) is 18.0 Å². The van der Waals surface area contributed by atoms with Crippen molar-refractivity contribution in [1.29, 1.82) is 0 Å². The molecule has 2 N–H and O–H groups in total. The van der Waals surface area contributed by atoms with Gasteiger partial charge in [-0.05, 0) is 30.5 Å². The molecule has 0 radical (unpaired) electrons. The first kappa shape index (κ1) is 15.2. The zero-order valence-corrected chi connectivity index (χ0v) is 14.1. The number of aromatic nitrogens is 1. The molecule has 2 heterocycles. The normalized spacial score (nSPS) is 13.4. The molecule has 2 aromatic carbocycles. The van der Waals surface area contributed by atoms with Gasteiger partial charge in [0.2, 0.25) is 0 Å². The van der Waals surface area contributed by atoms with E-state index in [2.05, 4.69) is 4.98 Å². The summed E-state index contributed by atoms with van der Waals surface area (Å²) in [6, 6.07) is 17.7. The minimum absolute atomic E-state index is 0.472. The van der Waals surface area contributed by atoms with E-state index in [1.54, 1.807) is 6.26 Å². The lowest BCUT2D eigenvalue weighted by Crippen LogP contribution is -2.18. The molecule has 0 saturated heterocycles. The van der Waals surface area contributed by atoms with Crippen LogP contribution in [0.1, 0.15) is 12.5 Å². The maximum atomic E-state index is 5.99. The standard InChI is InChI=1S/C20H18N4O/c1-13-15-8-5-6-10-17(15)25-12-19(22-13)24(2)20-16-9-4-3-7-14(16)11-18(21)23-20/h3-12H,1-2H3,(H2,21,23). The Bertz CT molecular complexity index is 1020. The molecule has 3 aromatic rings. The van der Waals surface area contributed by atoms with Gasteiger partial charge in [0.1, 0.15) is 23.6 Å². The van der Waals surface area contributed by atoms with Crippen molar-refractivity contribution in [3.8, 4) is 5.75 Å². The summed E-state index contributed by atoms with van der Waals surface area (Å²) in [6.07, 6.45) is 1.65. The average molecular weight is 330 g/mol. The minimum Gasteiger partial charge on any atom is -0.460 e. The van der Waals surface area contributed by atoms with Crippen molar-refractivity contribution in [3.05, 3.63) is 72.2 Å². The molecule has 4 rings (SSSR count). The van der Waals surface area contributed by atoms with E-state index in [0.29, 0.717) is 11.6 Å². The Morgan fingerprint density at radius 1 is 1.04 bits per heavy atom. The number of nitrogens with two attached hydrogens (primary N) is 1. The summed E-state index contributed by atoms with van der Waals surface area (Å²) in [5.74, 6) is 2.67. The van der Waals surface area contributed by atoms with Gasteiger partial charge in [-0.15, -0.1) is 0 Å². The van der Waals surface area contributed by atoms with Crippen molar-refractivity contribution < 1.29 is 4.74 Å². The third-order valence-corrected chi connectivity index (χ3v) is 4.25. The van der Waals surface area contributed by atoms with Crippen LogP contribution in [0.25, 0.3) is 10.8 Å². The van der Waals surface area contributed by atoms with Crippen LogP contribution in [0.3, 0.4) is 0 Å². The molecular formula is C20H18N4O. The van der Waals surface area contributed by atoms with E-state index >= 15 is 0 Å². The zero-order chi connectivity index (χ0) is 17.4. The van der Waals surface area contributed by atoms with Crippen LogP contribution in [0.2, 0.25) is 0 Å². The number of para-hydroxylation sites is 1. The van der Waals surface area contributed by atoms with Crippen LogP contribution in [0.15, 0.2) is 71.7 Å². The second-order valence-electron chi connectivity index (χ2n) is 5.94. The highest BCUT2D eigenvalue weighted by atomic mass is 16.5. The Morgan fingerprint density at radius 2 is 1.80 bits per heavy atom. The summed E-state index contributed by atoms with van der Waals surface area (Å²) in [7, 11) is 1.91. The molecule has 0 saturated carbocycles. The number of pyridine rings is 1. The second kappa shape index (κ2) is 5.94. The molecular weight excluding hydrogens is 312 g/mol.